The summed E-state index contributed by atoms with van der Waals surface area (Å²) in [6.07, 6.45) is 3.55. The Kier molecular flexibility index (Phi) is 4.47. The number of carbonyl (C=O) groups is 1. The van der Waals surface area contributed by atoms with E-state index in [2.05, 4.69) is 10.1 Å². The Morgan fingerprint density at radius 3 is 2.90 bits per heavy atom. The summed E-state index contributed by atoms with van der Waals surface area (Å²) >= 11 is 0. The molecule has 0 saturated heterocycles. The SMILES string of the molecule is CC(O)CCN(C)C(=O)c1cccc(-n2cccn2)n1. The van der Waals surface area contributed by atoms with Crippen LogP contribution in [0.5, 0.6) is 0 Å². The second-order valence-corrected chi connectivity index (χ2v) is 4.70. The Balaban J connectivity index is 2.12. The highest BCUT2D eigenvalue weighted by atomic mass is 16.3. The molecule has 0 saturated carbocycles. The molecule has 1 unspecified atom stereocenters. The van der Waals surface area contributed by atoms with Gasteiger partial charge in [-0.2, -0.15) is 5.10 Å². The number of hydrogen-bond donors (Lipinski definition) is 1. The van der Waals surface area contributed by atoms with E-state index in [1.165, 1.54) is 0 Å². The van der Waals surface area contributed by atoms with Crippen LogP contribution in [0.3, 0.4) is 0 Å². The number of rotatable bonds is 5. The van der Waals surface area contributed by atoms with Gasteiger partial charge in [0.2, 0.25) is 0 Å². The summed E-state index contributed by atoms with van der Waals surface area (Å²) in [5.74, 6) is 0.435. The van der Waals surface area contributed by atoms with Crippen molar-refractivity contribution in [1.29, 1.82) is 0 Å². The van der Waals surface area contributed by atoms with E-state index in [0.29, 0.717) is 24.5 Å². The van der Waals surface area contributed by atoms with Gasteiger partial charge in [0, 0.05) is 26.0 Å². The van der Waals surface area contributed by atoms with Crippen LogP contribution in [0.25, 0.3) is 5.82 Å². The van der Waals surface area contributed by atoms with Crippen molar-refractivity contribution in [2.45, 2.75) is 19.4 Å². The average molecular weight is 274 g/mol. The summed E-state index contributed by atoms with van der Waals surface area (Å²) in [6.45, 7) is 2.19. The summed E-state index contributed by atoms with van der Waals surface area (Å²) in [5.41, 5.74) is 0.367. The summed E-state index contributed by atoms with van der Waals surface area (Å²) in [6, 6.07) is 7.04. The van der Waals surface area contributed by atoms with Crippen molar-refractivity contribution in [1.82, 2.24) is 19.7 Å². The normalized spacial score (nSPS) is 12.2. The number of pyridine rings is 1. The lowest BCUT2D eigenvalue weighted by Gasteiger charge is -2.17. The third-order valence-electron chi connectivity index (χ3n) is 2.92. The lowest BCUT2D eigenvalue weighted by atomic mass is 10.2. The summed E-state index contributed by atoms with van der Waals surface area (Å²) in [4.78, 5) is 18.1. The van der Waals surface area contributed by atoms with Crippen LogP contribution in [0.2, 0.25) is 0 Å². The number of amides is 1. The zero-order valence-corrected chi connectivity index (χ0v) is 11.6. The monoisotopic (exact) mass is 274 g/mol. The van der Waals surface area contributed by atoms with Crippen LogP contribution in [0.4, 0.5) is 0 Å². The van der Waals surface area contributed by atoms with Gasteiger partial charge in [-0.05, 0) is 31.5 Å². The predicted octanol–water partition coefficient (Wildman–Crippen LogP) is 1.11. The number of aromatic nitrogens is 3. The minimum absolute atomic E-state index is 0.167. The first kappa shape index (κ1) is 14.2. The quantitative estimate of drug-likeness (QED) is 0.886. The van der Waals surface area contributed by atoms with Crippen LogP contribution in [0.1, 0.15) is 23.8 Å². The number of hydrogen-bond acceptors (Lipinski definition) is 4. The van der Waals surface area contributed by atoms with Crippen molar-refractivity contribution in [3.63, 3.8) is 0 Å². The molecule has 0 fully saturated rings. The van der Waals surface area contributed by atoms with Crippen LogP contribution < -0.4 is 0 Å². The Morgan fingerprint density at radius 1 is 1.45 bits per heavy atom. The number of nitrogens with zero attached hydrogens (tertiary/aromatic N) is 4. The zero-order valence-electron chi connectivity index (χ0n) is 11.6. The van der Waals surface area contributed by atoms with Crippen LogP contribution in [-0.2, 0) is 0 Å². The van der Waals surface area contributed by atoms with Gasteiger partial charge in [0.25, 0.3) is 5.91 Å². The Labute approximate surface area is 117 Å². The third-order valence-corrected chi connectivity index (χ3v) is 2.92. The maximum atomic E-state index is 12.2. The Hall–Kier alpha value is -2.21. The molecule has 2 heterocycles. The molecule has 2 aromatic heterocycles. The van der Waals surface area contributed by atoms with Crippen LogP contribution >= 0.6 is 0 Å². The van der Waals surface area contributed by atoms with Crippen molar-refractivity contribution >= 4 is 5.91 Å². The molecule has 0 aliphatic carbocycles. The minimum atomic E-state index is -0.423. The van der Waals surface area contributed by atoms with Crippen molar-refractivity contribution in [2.24, 2.45) is 0 Å². The highest BCUT2D eigenvalue weighted by Crippen LogP contribution is 2.07. The fraction of sp³-hybridized carbons (Fsp3) is 0.357. The van der Waals surface area contributed by atoms with E-state index in [1.54, 1.807) is 60.2 Å². The van der Waals surface area contributed by atoms with Gasteiger partial charge in [-0.3, -0.25) is 4.79 Å². The van der Waals surface area contributed by atoms with E-state index in [4.69, 9.17) is 0 Å². The lowest BCUT2D eigenvalue weighted by Crippen LogP contribution is -2.30. The summed E-state index contributed by atoms with van der Waals surface area (Å²) in [5, 5.41) is 13.3. The number of aliphatic hydroxyl groups excluding tert-OH is 1. The van der Waals surface area contributed by atoms with E-state index in [0.717, 1.165) is 0 Å². The first-order valence-corrected chi connectivity index (χ1v) is 6.48. The van der Waals surface area contributed by atoms with Gasteiger partial charge < -0.3 is 10.0 Å². The van der Waals surface area contributed by atoms with Crippen molar-refractivity contribution in [2.75, 3.05) is 13.6 Å². The van der Waals surface area contributed by atoms with E-state index in [9.17, 15) is 9.90 Å². The van der Waals surface area contributed by atoms with Gasteiger partial charge in [-0.1, -0.05) is 6.07 Å². The lowest BCUT2D eigenvalue weighted by molar-refractivity contribution is 0.0763. The highest BCUT2D eigenvalue weighted by Gasteiger charge is 2.14. The fourth-order valence-electron chi connectivity index (χ4n) is 1.75. The van der Waals surface area contributed by atoms with Gasteiger partial charge in [-0.25, -0.2) is 9.67 Å². The molecule has 1 amide bonds. The fourth-order valence-corrected chi connectivity index (χ4v) is 1.75. The third kappa shape index (κ3) is 3.42. The smallest absolute Gasteiger partial charge is 0.272 e. The molecule has 0 aliphatic heterocycles. The van der Waals surface area contributed by atoms with Gasteiger partial charge >= 0.3 is 0 Å². The Bertz CT molecular complexity index is 566. The first-order valence-electron chi connectivity index (χ1n) is 6.48. The zero-order chi connectivity index (χ0) is 14.5. The van der Waals surface area contributed by atoms with Gasteiger partial charge in [0.05, 0.1) is 6.10 Å². The maximum Gasteiger partial charge on any atom is 0.272 e. The second kappa shape index (κ2) is 6.29. The molecule has 6 heteroatoms. The minimum Gasteiger partial charge on any atom is -0.393 e. The topological polar surface area (TPSA) is 71.2 Å². The van der Waals surface area contributed by atoms with Gasteiger partial charge in [0.15, 0.2) is 5.82 Å². The molecule has 106 valence electrons. The average Bonchev–Trinajstić information content (AvgIpc) is 2.98. The molecule has 1 atom stereocenters. The summed E-state index contributed by atoms with van der Waals surface area (Å²) in [7, 11) is 1.70. The van der Waals surface area contributed by atoms with E-state index in [1.807, 2.05) is 0 Å². The van der Waals surface area contributed by atoms with Crippen LogP contribution in [-0.4, -0.2) is 50.4 Å². The van der Waals surface area contributed by atoms with Gasteiger partial charge in [0.1, 0.15) is 5.69 Å². The van der Waals surface area contributed by atoms with E-state index < -0.39 is 6.10 Å². The molecular formula is C14H18N4O2. The largest absolute Gasteiger partial charge is 0.393 e. The molecule has 0 radical (unpaired) electrons. The molecule has 0 spiro atoms. The Morgan fingerprint density at radius 2 is 2.25 bits per heavy atom. The molecule has 0 aromatic carbocycles. The molecular weight excluding hydrogens is 256 g/mol. The number of carbonyl (C=O) groups excluding carboxylic acids is 1. The van der Waals surface area contributed by atoms with Gasteiger partial charge in [-0.15, -0.1) is 0 Å². The highest BCUT2D eigenvalue weighted by molar-refractivity contribution is 5.92. The van der Waals surface area contributed by atoms with Crippen LogP contribution in [0.15, 0.2) is 36.7 Å². The van der Waals surface area contributed by atoms with Crippen molar-refractivity contribution < 1.29 is 9.90 Å². The first-order chi connectivity index (χ1) is 9.58. The molecule has 0 bridgehead atoms. The molecule has 2 rings (SSSR count). The predicted molar refractivity (Wildman–Crippen MR) is 74.6 cm³/mol. The summed E-state index contributed by atoms with van der Waals surface area (Å²) < 4.78 is 1.60. The van der Waals surface area contributed by atoms with Crippen LogP contribution in [0, 0.1) is 0 Å². The maximum absolute atomic E-state index is 12.2. The van der Waals surface area contributed by atoms with Crippen molar-refractivity contribution in [3.8, 4) is 5.82 Å². The van der Waals surface area contributed by atoms with Crippen molar-refractivity contribution in [3.05, 3.63) is 42.4 Å². The van der Waals surface area contributed by atoms with E-state index in [-0.39, 0.29) is 5.91 Å². The molecule has 1 N–H and O–H groups in total. The molecule has 20 heavy (non-hydrogen) atoms. The molecule has 0 aliphatic rings. The number of aliphatic hydroxyl groups is 1. The second-order valence-electron chi connectivity index (χ2n) is 4.70. The standard InChI is InChI=1S/C14H18N4O2/c1-11(19)7-10-17(2)14(20)12-5-3-6-13(16-12)18-9-4-8-15-18/h3-6,8-9,11,19H,7,10H2,1-2H3. The van der Waals surface area contributed by atoms with E-state index >= 15 is 0 Å². The molecule has 2 aromatic rings. The molecule has 6 nitrogen and oxygen atoms in total.